The number of thiocarbonyl (C=S) groups is 1. The lowest BCUT2D eigenvalue weighted by atomic mass is 9.97. The summed E-state index contributed by atoms with van der Waals surface area (Å²) in [5.74, 6) is -0.308. The Morgan fingerprint density at radius 2 is 1.89 bits per heavy atom. The molecule has 0 heterocycles. The van der Waals surface area contributed by atoms with Gasteiger partial charge in [-0.2, -0.15) is 0 Å². The molecule has 3 N–H and O–H groups in total. The van der Waals surface area contributed by atoms with Crippen molar-refractivity contribution in [3.05, 3.63) is 35.9 Å². The van der Waals surface area contributed by atoms with E-state index in [9.17, 15) is 8.42 Å². The van der Waals surface area contributed by atoms with Gasteiger partial charge in [-0.05, 0) is 32.3 Å². The summed E-state index contributed by atoms with van der Waals surface area (Å²) in [6.45, 7) is 3.71. The van der Waals surface area contributed by atoms with Gasteiger partial charge in [-0.1, -0.05) is 42.5 Å². The fourth-order valence-corrected chi connectivity index (χ4v) is 3.65. The first-order valence-corrected chi connectivity index (χ1v) is 8.10. The van der Waals surface area contributed by atoms with Crippen LogP contribution in [0.3, 0.4) is 0 Å². The number of aryl methyl sites for hydroxylation is 1. The fraction of sp³-hybridized carbons (Fsp3) is 0.462. The predicted molar refractivity (Wildman–Crippen MR) is 82.5 cm³/mol. The van der Waals surface area contributed by atoms with Crippen molar-refractivity contribution in [3.63, 3.8) is 0 Å². The van der Waals surface area contributed by atoms with Crippen molar-refractivity contribution in [2.75, 3.05) is 5.75 Å². The fourth-order valence-electron chi connectivity index (χ4n) is 1.80. The van der Waals surface area contributed by atoms with Crippen LogP contribution in [0.5, 0.6) is 0 Å². The minimum atomic E-state index is -3.46. The van der Waals surface area contributed by atoms with E-state index in [-0.39, 0.29) is 10.7 Å². The molecule has 0 aliphatic carbocycles. The average molecular weight is 300 g/mol. The molecule has 0 bridgehead atoms. The van der Waals surface area contributed by atoms with Crippen molar-refractivity contribution in [1.29, 1.82) is 0 Å². The van der Waals surface area contributed by atoms with Gasteiger partial charge in [0.1, 0.15) is 5.75 Å². The van der Waals surface area contributed by atoms with Crippen molar-refractivity contribution >= 4 is 27.2 Å². The Balaban J connectivity index is 2.59. The number of hydrogen-bond acceptors (Lipinski definition) is 3. The van der Waals surface area contributed by atoms with Crippen LogP contribution in [0.2, 0.25) is 0 Å². The Morgan fingerprint density at radius 3 is 2.42 bits per heavy atom. The molecule has 0 fully saturated rings. The normalized spacial score (nSPS) is 12.3. The molecule has 0 atom stereocenters. The standard InChI is InChI=1S/C13H20N2O2S2/c1-13(2,15-19(16,17)10-12(14)18)9-8-11-6-4-3-5-7-11/h3-7,15H,8-10H2,1-2H3,(H2,14,18). The topological polar surface area (TPSA) is 72.2 Å². The SMILES string of the molecule is CC(C)(CCc1ccccc1)NS(=O)(=O)CC(N)=S. The zero-order chi connectivity index (χ0) is 14.5. The van der Waals surface area contributed by atoms with Crippen molar-refractivity contribution in [2.24, 2.45) is 5.73 Å². The second kappa shape index (κ2) is 6.45. The number of sulfonamides is 1. The summed E-state index contributed by atoms with van der Waals surface area (Å²) in [5.41, 5.74) is 5.93. The van der Waals surface area contributed by atoms with Crippen LogP contribution in [0.4, 0.5) is 0 Å². The van der Waals surface area contributed by atoms with E-state index in [4.69, 9.17) is 5.73 Å². The molecule has 0 saturated carbocycles. The molecular weight excluding hydrogens is 280 g/mol. The van der Waals surface area contributed by atoms with Gasteiger partial charge in [-0.3, -0.25) is 0 Å². The van der Waals surface area contributed by atoms with Gasteiger partial charge < -0.3 is 5.73 Å². The summed E-state index contributed by atoms with van der Waals surface area (Å²) < 4.78 is 26.2. The summed E-state index contributed by atoms with van der Waals surface area (Å²) in [6.07, 6.45) is 1.51. The molecule has 0 aliphatic heterocycles. The highest BCUT2D eigenvalue weighted by molar-refractivity contribution is 7.92. The number of nitrogens with two attached hydrogens (primary N) is 1. The maximum absolute atomic E-state index is 11.8. The smallest absolute Gasteiger partial charge is 0.218 e. The van der Waals surface area contributed by atoms with Crippen LogP contribution in [0.1, 0.15) is 25.8 Å². The molecule has 19 heavy (non-hydrogen) atoms. The zero-order valence-corrected chi connectivity index (χ0v) is 12.9. The van der Waals surface area contributed by atoms with Crippen LogP contribution in [0, 0.1) is 0 Å². The summed E-state index contributed by atoms with van der Waals surface area (Å²) >= 11 is 4.63. The molecule has 6 heteroatoms. The highest BCUT2D eigenvalue weighted by Gasteiger charge is 2.24. The first-order chi connectivity index (χ1) is 8.70. The van der Waals surface area contributed by atoms with Crippen molar-refractivity contribution in [2.45, 2.75) is 32.2 Å². The summed E-state index contributed by atoms with van der Waals surface area (Å²) in [5, 5.41) is 0. The third-order valence-corrected chi connectivity index (χ3v) is 4.53. The second-order valence-corrected chi connectivity index (χ2v) is 7.44. The van der Waals surface area contributed by atoms with E-state index in [1.807, 2.05) is 44.2 Å². The van der Waals surface area contributed by atoms with Gasteiger partial charge >= 0.3 is 0 Å². The number of rotatable bonds is 7. The molecule has 0 aliphatic rings. The van der Waals surface area contributed by atoms with E-state index < -0.39 is 15.6 Å². The molecule has 0 unspecified atom stereocenters. The van der Waals surface area contributed by atoms with Gasteiger partial charge in [-0.25, -0.2) is 13.1 Å². The minimum Gasteiger partial charge on any atom is -0.392 e. The van der Waals surface area contributed by atoms with Gasteiger partial charge in [0.2, 0.25) is 10.0 Å². The number of nitrogens with one attached hydrogen (secondary N) is 1. The average Bonchev–Trinajstić information content (AvgIpc) is 2.24. The summed E-state index contributed by atoms with van der Waals surface area (Å²) in [6, 6.07) is 9.96. The Labute approximate surface area is 120 Å². The molecule has 4 nitrogen and oxygen atoms in total. The lowest BCUT2D eigenvalue weighted by Crippen LogP contribution is -2.46. The quantitative estimate of drug-likeness (QED) is 0.750. The zero-order valence-electron chi connectivity index (χ0n) is 11.2. The van der Waals surface area contributed by atoms with Crippen LogP contribution < -0.4 is 10.5 Å². The van der Waals surface area contributed by atoms with Crippen LogP contribution >= 0.6 is 12.2 Å². The molecule has 0 saturated heterocycles. The van der Waals surface area contributed by atoms with Gasteiger partial charge in [0.05, 0.1) is 4.99 Å². The largest absolute Gasteiger partial charge is 0.392 e. The lowest BCUT2D eigenvalue weighted by Gasteiger charge is -2.26. The van der Waals surface area contributed by atoms with Crippen molar-refractivity contribution in [3.8, 4) is 0 Å². The van der Waals surface area contributed by atoms with E-state index in [0.717, 1.165) is 6.42 Å². The third kappa shape index (κ3) is 6.66. The van der Waals surface area contributed by atoms with Gasteiger partial charge in [0.25, 0.3) is 0 Å². The van der Waals surface area contributed by atoms with E-state index in [1.165, 1.54) is 5.56 Å². The highest BCUT2D eigenvalue weighted by Crippen LogP contribution is 2.14. The second-order valence-electron chi connectivity index (χ2n) is 5.20. The van der Waals surface area contributed by atoms with Crippen molar-refractivity contribution < 1.29 is 8.42 Å². The molecule has 106 valence electrons. The summed E-state index contributed by atoms with van der Waals surface area (Å²) in [7, 11) is -3.46. The maximum Gasteiger partial charge on any atom is 0.218 e. The first kappa shape index (κ1) is 16.1. The van der Waals surface area contributed by atoms with Crippen LogP contribution in [-0.4, -0.2) is 24.7 Å². The van der Waals surface area contributed by atoms with E-state index in [2.05, 4.69) is 16.9 Å². The number of benzene rings is 1. The molecular formula is C13H20N2O2S2. The van der Waals surface area contributed by atoms with Gasteiger partial charge in [0.15, 0.2) is 0 Å². The first-order valence-electron chi connectivity index (χ1n) is 6.04. The molecule has 0 radical (unpaired) electrons. The number of hydrogen-bond donors (Lipinski definition) is 2. The van der Waals surface area contributed by atoms with Crippen LogP contribution in [-0.2, 0) is 16.4 Å². The monoisotopic (exact) mass is 300 g/mol. The Kier molecular flexibility index (Phi) is 5.46. The maximum atomic E-state index is 11.8. The molecule has 0 amide bonds. The Hall–Kier alpha value is -0.980. The van der Waals surface area contributed by atoms with Crippen molar-refractivity contribution in [1.82, 2.24) is 4.72 Å². The minimum absolute atomic E-state index is 0.0219. The Bertz CT molecular complexity index is 525. The van der Waals surface area contributed by atoms with E-state index in [0.29, 0.717) is 6.42 Å². The van der Waals surface area contributed by atoms with Crippen LogP contribution in [0.15, 0.2) is 30.3 Å². The van der Waals surface area contributed by atoms with Gasteiger partial charge in [0, 0.05) is 5.54 Å². The van der Waals surface area contributed by atoms with E-state index in [1.54, 1.807) is 0 Å². The Morgan fingerprint density at radius 1 is 1.32 bits per heavy atom. The molecule has 1 aromatic rings. The lowest BCUT2D eigenvalue weighted by molar-refractivity contribution is 0.423. The molecule has 1 aromatic carbocycles. The van der Waals surface area contributed by atoms with Crippen LogP contribution in [0.25, 0.3) is 0 Å². The molecule has 0 aromatic heterocycles. The van der Waals surface area contributed by atoms with E-state index >= 15 is 0 Å². The predicted octanol–water partition coefficient (Wildman–Crippen LogP) is 1.60. The summed E-state index contributed by atoms with van der Waals surface area (Å²) in [4.78, 5) is -0.0219. The molecule has 1 rings (SSSR count). The third-order valence-electron chi connectivity index (χ3n) is 2.65. The molecule has 0 spiro atoms. The highest BCUT2D eigenvalue weighted by atomic mass is 32.2. The van der Waals surface area contributed by atoms with Gasteiger partial charge in [-0.15, -0.1) is 0 Å².